The zero-order chi connectivity index (χ0) is 15.4. The second kappa shape index (κ2) is 6.67. The van der Waals surface area contributed by atoms with E-state index in [-0.39, 0.29) is 6.61 Å². The lowest BCUT2D eigenvalue weighted by atomic mass is 10.1. The summed E-state index contributed by atoms with van der Waals surface area (Å²) in [5.41, 5.74) is 0.421. The highest BCUT2D eigenvalue weighted by Crippen LogP contribution is 2.26. The second-order valence-electron chi connectivity index (χ2n) is 5.40. The van der Waals surface area contributed by atoms with Crippen molar-refractivity contribution in [3.05, 3.63) is 41.7 Å². The van der Waals surface area contributed by atoms with Crippen LogP contribution in [-0.4, -0.2) is 19.9 Å². The minimum Gasteiger partial charge on any atom is -0.485 e. The topological polar surface area (TPSA) is 60.2 Å². The molecule has 6 heteroatoms. The van der Waals surface area contributed by atoms with Crippen LogP contribution in [0, 0.1) is 11.7 Å². The lowest BCUT2D eigenvalue weighted by Gasteiger charge is -2.14. The Kier molecular flexibility index (Phi) is 4.90. The predicted octanol–water partition coefficient (Wildman–Crippen LogP) is 2.71. The van der Waals surface area contributed by atoms with Gasteiger partial charge in [0.25, 0.3) is 0 Å². The number of nitrogens with zero attached hydrogens (tertiary/aromatic N) is 3. The molecule has 1 atom stereocenters. The minimum absolute atomic E-state index is 0.220. The van der Waals surface area contributed by atoms with E-state index in [2.05, 4.69) is 23.9 Å². The third kappa shape index (κ3) is 4.01. The molecule has 0 unspecified atom stereocenters. The van der Waals surface area contributed by atoms with E-state index in [9.17, 15) is 9.50 Å². The Morgan fingerprint density at radius 2 is 2.10 bits per heavy atom. The van der Waals surface area contributed by atoms with Gasteiger partial charge in [-0.1, -0.05) is 13.8 Å². The first-order valence-corrected chi connectivity index (χ1v) is 6.94. The number of aromatic nitrogens is 3. The third-order valence-electron chi connectivity index (χ3n) is 3.01. The third-order valence-corrected chi connectivity index (χ3v) is 3.01. The van der Waals surface area contributed by atoms with Crippen LogP contribution in [0.15, 0.2) is 24.5 Å². The summed E-state index contributed by atoms with van der Waals surface area (Å²) < 4.78 is 20.7. The molecule has 1 heterocycles. The Balaban J connectivity index is 2.12. The van der Waals surface area contributed by atoms with Gasteiger partial charge in [0, 0.05) is 12.1 Å². The number of aliphatic hydroxyl groups excluding tert-OH is 1. The van der Waals surface area contributed by atoms with Crippen molar-refractivity contribution < 1.29 is 14.2 Å². The fraction of sp³-hybridized carbons (Fsp3) is 0.467. The van der Waals surface area contributed by atoms with Gasteiger partial charge in [-0.25, -0.2) is 14.1 Å². The lowest BCUT2D eigenvalue weighted by Crippen LogP contribution is -2.13. The van der Waals surface area contributed by atoms with Crippen LogP contribution in [0.1, 0.15) is 38.3 Å². The van der Waals surface area contributed by atoms with Gasteiger partial charge in [-0.2, -0.15) is 5.10 Å². The molecule has 0 saturated carbocycles. The quantitative estimate of drug-likeness (QED) is 0.889. The van der Waals surface area contributed by atoms with E-state index in [1.165, 1.54) is 24.5 Å². The van der Waals surface area contributed by atoms with Crippen molar-refractivity contribution in [3.63, 3.8) is 0 Å². The molecule has 1 aromatic heterocycles. The van der Waals surface area contributed by atoms with Crippen LogP contribution in [0.5, 0.6) is 5.75 Å². The summed E-state index contributed by atoms with van der Waals surface area (Å²) in [4.78, 5) is 4.17. The van der Waals surface area contributed by atoms with Crippen molar-refractivity contribution in [1.82, 2.24) is 14.8 Å². The maximum Gasteiger partial charge on any atom is 0.164 e. The molecule has 0 fully saturated rings. The van der Waals surface area contributed by atoms with Gasteiger partial charge in [-0.3, -0.25) is 0 Å². The summed E-state index contributed by atoms with van der Waals surface area (Å²) in [6, 6.07) is 4.10. The van der Waals surface area contributed by atoms with Gasteiger partial charge in [-0.05, 0) is 31.0 Å². The van der Waals surface area contributed by atoms with Crippen LogP contribution in [0.25, 0.3) is 0 Å². The Labute approximate surface area is 123 Å². The van der Waals surface area contributed by atoms with E-state index in [1.54, 1.807) is 11.6 Å². The number of benzene rings is 1. The molecule has 0 aliphatic rings. The number of halogens is 1. The Bertz CT molecular complexity index is 596. The molecule has 2 aromatic rings. The molecule has 1 aromatic carbocycles. The largest absolute Gasteiger partial charge is 0.485 e. The van der Waals surface area contributed by atoms with E-state index < -0.39 is 11.9 Å². The van der Waals surface area contributed by atoms with Gasteiger partial charge in [0.1, 0.15) is 24.5 Å². The first-order valence-electron chi connectivity index (χ1n) is 6.94. The lowest BCUT2D eigenvalue weighted by molar-refractivity contribution is 0.188. The maximum absolute atomic E-state index is 13.2. The van der Waals surface area contributed by atoms with E-state index in [1.807, 2.05) is 0 Å². The highest BCUT2D eigenvalue weighted by molar-refractivity contribution is 5.35. The normalized spacial score (nSPS) is 12.7. The molecule has 1 N–H and O–H groups in total. The maximum atomic E-state index is 13.2. The molecule has 0 bridgehead atoms. The summed E-state index contributed by atoms with van der Waals surface area (Å²) in [5, 5.41) is 13.8. The summed E-state index contributed by atoms with van der Waals surface area (Å²) in [5.74, 6) is 1.19. The molecule has 114 valence electrons. The molecule has 0 radical (unpaired) electrons. The summed E-state index contributed by atoms with van der Waals surface area (Å²) in [6.07, 6.45) is 0.686. The van der Waals surface area contributed by atoms with Crippen LogP contribution in [-0.2, 0) is 13.2 Å². The van der Waals surface area contributed by atoms with Crippen molar-refractivity contribution in [2.45, 2.75) is 40.0 Å². The van der Waals surface area contributed by atoms with E-state index in [0.29, 0.717) is 23.1 Å². The van der Waals surface area contributed by atoms with Crippen LogP contribution in [0.3, 0.4) is 0 Å². The molecule has 5 nitrogen and oxygen atoms in total. The van der Waals surface area contributed by atoms with Crippen LogP contribution < -0.4 is 4.74 Å². The summed E-state index contributed by atoms with van der Waals surface area (Å²) >= 11 is 0. The van der Waals surface area contributed by atoms with Crippen molar-refractivity contribution >= 4 is 0 Å². The van der Waals surface area contributed by atoms with E-state index in [4.69, 9.17) is 4.74 Å². The number of rotatable bonds is 6. The van der Waals surface area contributed by atoms with E-state index in [0.717, 1.165) is 6.54 Å². The fourth-order valence-corrected chi connectivity index (χ4v) is 2.02. The molecule has 0 aliphatic carbocycles. The van der Waals surface area contributed by atoms with Crippen molar-refractivity contribution in [3.8, 4) is 5.75 Å². The minimum atomic E-state index is -0.802. The Morgan fingerprint density at radius 1 is 1.33 bits per heavy atom. The number of aliphatic hydroxyl groups is 1. The Hall–Kier alpha value is -1.95. The Morgan fingerprint density at radius 3 is 2.76 bits per heavy atom. The average molecular weight is 293 g/mol. The first kappa shape index (κ1) is 15.4. The second-order valence-corrected chi connectivity index (χ2v) is 5.40. The van der Waals surface area contributed by atoms with Gasteiger partial charge in [0.2, 0.25) is 0 Å². The van der Waals surface area contributed by atoms with E-state index >= 15 is 0 Å². The van der Waals surface area contributed by atoms with Crippen molar-refractivity contribution in [1.29, 1.82) is 0 Å². The SMILES string of the molecule is CC(C)Cn1ncnc1COc1ccc(F)cc1[C@@H](C)O. The highest BCUT2D eigenvalue weighted by Gasteiger charge is 2.13. The average Bonchev–Trinajstić information content (AvgIpc) is 2.83. The number of hydrogen-bond acceptors (Lipinski definition) is 4. The summed E-state index contributed by atoms with van der Waals surface area (Å²) in [7, 11) is 0. The number of hydrogen-bond donors (Lipinski definition) is 1. The fourth-order valence-electron chi connectivity index (χ4n) is 2.02. The molecule has 0 saturated heterocycles. The number of ether oxygens (including phenoxy) is 1. The zero-order valence-electron chi connectivity index (χ0n) is 12.5. The molecule has 0 amide bonds. The summed E-state index contributed by atoms with van der Waals surface area (Å²) in [6.45, 7) is 6.74. The molecule has 21 heavy (non-hydrogen) atoms. The highest BCUT2D eigenvalue weighted by atomic mass is 19.1. The van der Waals surface area contributed by atoms with Gasteiger partial charge in [-0.15, -0.1) is 0 Å². The molecule has 0 aliphatic heterocycles. The van der Waals surface area contributed by atoms with Crippen LogP contribution in [0.2, 0.25) is 0 Å². The standard InChI is InChI=1S/C15H20FN3O2/c1-10(2)7-19-15(17-9-18-19)8-21-14-5-4-12(16)6-13(14)11(3)20/h4-6,9-11,20H,7-8H2,1-3H3/t11-/m1/s1. The van der Waals surface area contributed by atoms with Gasteiger partial charge >= 0.3 is 0 Å². The molecular formula is C15H20FN3O2. The first-order chi connectivity index (χ1) is 9.97. The molecule has 2 rings (SSSR count). The monoisotopic (exact) mass is 293 g/mol. The van der Waals surface area contributed by atoms with Crippen molar-refractivity contribution in [2.24, 2.45) is 5.92 Å². The van der Waals surface area contributed by atoms with Gasteiger partial charge < -0.3 is 9.84 Å². The van der Waals surface area contributed by atoms with Gasteiger partial charge in [0.15, 0.2) is 5.82 Å². The van der Waals surface area contributed by atoms with Gasteiger partial charge in [0.05, 0.1) is 6.10 Å². The molecular weight excluding hydrogens is 273 g/mol. The van der Waals surface area contributed by atoms with Crippen molar-refractivity contribution in [2.75, 3.05) is 0 Å². The van der Waals surface area contributed by atoms with Crippen LogP contribution in [0.4, 0.5) is 4.39 Å². The zero-order valence-corrected chi connectivity index (χ0v) is 12.5. The molecule has 0 spiro atoms. The predicted molar refractivity (Wildman–Crippen MR) is 76.2 cm³/mol. The van der Waals surface area contributed by atoms with Crippen LogP contribution >= 0.6 is 0 Å². The smallest absolute Gasteiger partial charge is 0.164 e.